The minimum absolute atomic E-state index is 0.232. The minimum Gasteiger partial charge on any atom is -0.237 e. The Labute approximate surface area is 75.4 Å². The van der Waals surface area contributed by atoms with Crippen molar-refractivity contribution in [2.75, 3.05) is 0 Å². The van der Waals surface area contributed by atoms with Crippen molar-refractivity contribution in [3.63, 3.8) is 0 Å². The maximum Gasteiger partial charge on any atom is 0.255 e. The zero-order valence-corrected chi connectivity index (χ0v) is 7.32. The van der Waals surface area contributed by atoms with Crippen LogP contribution in [-0.4, -0.2) is 13.4 Å². The summed E-state index contributed by atoms with van der Waals surface area (Å²) < 4.78 is 21.6. The molecule has 0 spiro atoms. The molecule has 0 fully saturated rings. The summed E-state index contributed by atoms with van der Waals surface area (Å²) in [6, 6.07) is 4.27. The Kier molecular flexibility index (Phi) is 2.69. The average molecular weight is 199 g/mol. The van der Waals surface area contributed by atoms with Gasteiger partial charge in [-0.05, 0) is 12.1 Å². The van der Waals surface area contributed by atoms with Gasteiger partial charge in [0.15, 0.2) is 5.03 Å². The van der Waals surface area contributed by atoms with Crippen LogP contribution >= 0.6 is 0 Å². The second-order valence-electron chi connectivity index (χ2n) is 2.20. The van der Waals surface area contributed by atoms with Gasteiger partial charge < -0.3 is 0 Å². The van der Waals surface area contributed by atoms with Crippen molar-refractivity contribution < 1.29 is 8.42 Å². The molecule has 69 valence electrons. The number of sulfonamides is 1. The van der Waals surface area contributed by atoms with Crippen LogP contribution in [0.25, 0.3) is 0 Å². The van der Waals surface area contributed by atoms with Crippen LogP contribution in [0, 0.1) is 12.1 Å². The van der Waals surface area contributed by atoms with Gasteiger partial charge in [0.05, 0.1) is 5.69 Å². The second kappa shape index (κ2) is 3.58. The lowest BCUT2D eigenvalue weighted by Crippen LogP contribution is -2.14. The smallest absolute Gasteiger partial charge is 0.237 e. The van der Waals surface area contributed by atoms with Gasteiger partial charge in [-0.15, -0.1) is 0 Å². The minimum atomic E-state index is -3.78. The molecule has 1 aromatic heterocycles. The van der Waals surface area contributed by atoms with E-state index in [4.69, 9.17) is 10.7 Å². The highest BCUT2D eigenvalue weighted by Gasteiger charge is 2.09. The van der Waals surface area contributed by atoms with Crippen molar-refractivity contribution in [3.8, 4) is 0 Å². The van der Waals surface area contributed by atoms with E-state index in [1.165, 1.54) is 18.2 Å². The number of hydrogen-bond acceptors (Lipinski definition) is 5. The molecule has 0 aliphatic rings. The zero-order valence-electron chi connectivity index (χ0n) is 6.51. The third kappa shape index (κ3) is 2.56. The molecular formula is C6H7N4O2S. The van der Waals surface area contributed by atoms with E-state index < -0.39 is 10.0 Å². The molecule has 0 saturated carbocycles. The van der Waals surface area contributed by atoms with Crippen LogP contribution in [0.2, 0.25) is 0 Å². The van der Waals surface area contributed by atoms with Crippen molar-refractivity contribution in [3.05, 3.63) is 30.4 Å². The summed E-state index contributed by atoms with van der Waals surface area (Å²) in [7, 11) is -3.78. The summed E-state index contributed by atoms with van der Waals surface area (Å²) in [6.45, 7) is 1.12. The number of nitrogens with zero attached hydrogens (tertiary/aromatic N) is 2. The maximum atomic E-state index is 10.8. The first kappa shape index (κ1) is 9.75. The summed E-state index contributed by atoms with van der Waals surface area (Å²) >= 11 is 0. The van der Waals surface area contributed by atoms with Gasteiger partial charge >= 0.3 is 0 Å². The lowest BCUT2D eigenvalue weighted by molar-refractivity contribution is 0.593. The van der Waals surface area contributed by atoms with Crippen LogP contribution in [0.1, 0.15) is 5.69 Å². The van der Waals surface area contributed by atoms with Crippen LogP contribution in [0.4, 0.5) is 0 Å². The molecular weight excluding hydrogens is 192 g/mol. The number of hydrogen-bond donors (Lipinski definition) is 2. The quantitative estimate of drug-likeness (QED) is 0.681. The first-order chi connectivity index (χ1) is 6.04. The molecule has 7 heteroatoms. The van der Waals surface area contributed by atoms with E-state index in [1.54, 1.807) is 0 Å². The fourth-order valence-electron chi connectivity index (χ4n) is 0.727. The Balaban J connectivity index is 3.13. The van der Waals surface area contributed by atoms with Gasteiger partial charge in [0, 0.05) is 0 Å². The molecule has 0 saturated heterocycles. The molecule has 1 aromatic rings. The lowest BCUT2D eigenvalue weighted by atomic mass is 10.4. The number of nitrogens with two attached hydrogens (primary N) is 1. The highest BCUT2D eigenvalue weighted by molar-refractivity contribution is 7.89. The first-order valence-electron chi connectivity index (χ1n) is 3.23. The fourth-order valence-corrected chi connectivity index (χ4v) is 1.23. The van der Waals surface area contributed by atoms with E-state index in [2.05, 4.69) is 10.1 Å². The molecule has 0 aromatic carbocycles. The molecule has 0 bridgehead atoms. The second-order valence-corrected chi connectivity index (χ2v) is 3.71. The summed E-state index contributed by atoms with van der Waals surface area (Å²) in [5, 5.41) is 7.56. The van der Waals surface area contributed by atoms with Crippen molar-refractivity contribution in [2.24, 2.45) is 10.3 Å². The van der Waals surface area contributed by atoms with Gasteiger partial charge in [0.25, 0.3) is 10.0 Å². The van der Waals surface area contributed by atoms with E-state index in [0.717, 1.165) is 6.54 Å². The fraction of sp³-hybridized carbons (Fsp3) is 0. The molecule has 13 heavy (non-hydrogen) atoms. The number of rotatable bonds is 3. The maximum absolute atomic E-state index is 10.8. The van der Waals surface area contributed by atoms with Crippen LogP contribution in [0.3, 0.4) is 0 Å². The monoisotopic (exact) mass is 199 g/mol. The third-order valence-electron chi connectivity index (χ3n) is 1.23. The standard InChI is InChI=1S/C6H7N4O2S/c7-9-4-5-2-1-3-6(10-5)13(8,11)12/h1-4,7H,(H2,8,11,12). The predicted molar refractivity (Wildman–Crippen MR) is 44.2 cm³/mol. The first-order valence-corrected chi connectivity index (χ1v) is 4.78. The van der Waals surface area contributed by atoms with E-state index >= 15 is 0 Å². The Morgan fingerprint density at radius 3 is 2.77 bits per heavy atom. The average Bonchev–Trinajstić information content (AvgIpc) is 2.04. The normalized spacial score (nSPS) is 11.2. The molecule has 3 N–H and O–H groups in total. The number of aromatic nitrogens is 1. The van der Waals surface area contributed by atoms with Gasteiger partial charge in [-0.1, -0.05) is 6.07 Å². The van der Waals surface area contributed by atoms with Crippen molar-refractivity contribution >= 4 is 10.0 Å². The molecule has 1 rings (SSSR count). The summed E-state index contributed by atoms with van der Waals surface area (Å²) in [5.74, 6) is 0. The van der Waals surface area contributed by atoms with Gasteiger partial charge in [-0.3, -0.25) is 0 Å². The van der Waals surface area contributed by atoms with E-state index in [-0.39, 0.29) is 10.7 Å². The number of primary sulfonamides is 1. The molecule has 0 atom stereocenters. The van der Waals surface area contributed by atoms with Gasteiger partial charge in [-0.25, -0.2) is 24.1 Å². The Morgan fingerprint density at radius 2 is 2.23 bits per heavy atom. The SMILES string of the molecule is N=N[CH]c1cccc(S(N)(=O)=O)n1. The van der Waals surface area contributed by atoms with Crippen molar-refractivity contribution in [1.82, 2.24) is 4.98 Å². The van der Waals surface area contributed by atoms with E-state index in [0.29, 0.717) is 0 Å². The predicted octanol–water partition coefficient (Wildman–Crippen LogP) is 0.270. The Hall–Kier alpha value is -1.34. The molecule has 1 radical (unpaired) electrons. The molecule has 0 aliphatic carbocycles. The van der Waals surface area contributed by atoms with E-state index in [9.17, 15) is 8.42 Å². The highest BCUT2D eigenvalue weighted by atomic mass is 32.2. The molecule has 0 unspecified atom stereocenters. The molecule has 1 heterocycles. The van der Waals surface area contributed by atoms with Crippen LogP contribution in [-0.2, 0) is 10.0 Å². The van der Waals surface area contributed by atoms with E-state index in [1.807, 2.05) is 0 Å². The summed E-state index contributed by atoms with van der Waals surface area (Å²) in [4.78, 5) is 3.65. The topological polar surface area (TPSA) is 109 Å². The largest absolute Gasteiger partial charge is 0.255 e. The van der Waals surface area contributed by atoms with Gasteiger partial charge in [-0.2, -0.15) is 5.11 Å². The van der Waals surface area contributed by atoms with Crippen molar-refractivity contribution in [2.45, 2.75) is 5.03 Å². The molecule has 0 amide bonds. The summed E-state index contributed by atoms with van der Waals surface area (Å²) in [5.41, 5.74) is 6.79. The highest BCUT2D eigenvalue weighted by Crippen LogP contribution is 2.05. The number of pyridine rings is 1. The molecule has 0 aliphatic heterocycles. The van der Waals surface area contributed by atoms with Crippen molar-refractivity contribution in [1.29, 1.82) is 5.53 Å². The third-order valence-corrected chi connectivity index (χ3v) is 2.04. The number of nitrogens with one attached hydrogen (secondary N) is 1. The molecule has 6 nitrogen and oxygen atoms in total. The Morgan fingerprint density at radius 1 is 1.54 bits per heavy atom. The van der Waals surface area contributed by atoms with Crippen LogP contribution < -0.4 is 5.14 Å². The Bertz CT molecular complexity index is 414. The zero-order chi connectivity index (χ0) is 9.90. The van der Waals surface area contributed by atoms with Gasteiger partial charge in [0.2, 0.25) is 0 Å². The van der Waals surface area contributed by atoms with Crippen LogP contribution in [0.15, 0.2) is 28.3 Å². The summed E-state index contributed by atoms with van der Waals surface area (Å²) in [6.07, 6.45) is 0. The lowest BCUT2D eigenvalue weighted by Gasteiger charge is -1.98. The van der Waals surface area contributed by atoms with Gasteiger partial charge in [0.1, 0.15) is 6.54 Å². The van der Waals surface area contributed by atoms with Crippen LogP contribution in [0.5, 0.6) is 0 Å².